The average Bonchev–Trinajstić information content (AvgIpc) is 2.70. The van der Waals surface area contributed by atoms with Crippen LogP contribution in [-0.4, -0.2) is 35.7 Å². The van der Waals surface area contributed by atoms with E-state index in [0.717, 1.165) is 5.69 Å². The molecule has 5 nitrogen and oxygen atoms in total. The van der Waals surface area contributed by atoms with Crippen molar-refractivity contribution in [3.8, 4) is 0 Å². The molecule has 96 valence electrons. The fraction of sp³-hybridized carbons (Fsp3) is 0.727. The second-order valence-electron chi connectivity index (χ2n) is 4.87. The minimum absolute atomic E-state index is 0.253. The van der Waals surface area contributed by atoms with E-state index in [4.69, 9.17) is 0 Å². The van der Waals surface area contributed by atoms with Crippen LogP contribution in [0.2, 0.25) is 0 Å². The molecule has 0 spiro atoms. The average molecular weight is 257 g/mol. The zero-order valence-corrected chi connectivity index (χ0v) is 11.1. The zero-order chi connectivity index (χ0) is 12.5. The highest BCUT2D eigenvalue weighted by atomic mass is 32.2. The molecule has 1 saturated heterocycles. The van der Waals surface area contributed by atoms with E-state index < -0.39 is 9.84 Å². The third-order valence-corrected chi connectivity index (χ3v) is 4.77. The van der Waals surface area contributed by atoms with Crippen molar-refractivity contribution in [3.05, 3.63) is 12.4 Å². The topological polar surface area (TPSA) is 64.0 Å². The molecule has 2 rings (SSSR count). The van der Waals surface area contributed by atoms with E-state index in [0.29, 0.717) is 30.4 Å². The van der Waals surface area contributed by atoms with Crippen molar-refractivity contribution in [2.24, 2.45) is 0 Å². The maximum atomic E-state index is 11.3. The number of sulfone groups is 1. The summed E-state index contributed by atoms with van der Waals surface area (Å²) >= 11 is 0. The van der Waals surface area contributed by atoms with Gasteiger partial charge < -0.3 is 5.32 Å². The highest BCUT2D eigenvalue weighted by molar-refractivity contribution is 7.91. The van der Waals surface area contributed by atoms with Gasteiger partial charge in [0.25, 0.3) is 0 Å². The summed E-state index contributed by atoms with van der Waals surface area (Å²) in [6.07, 6.45) is 5.14. The Kier molecular flexibility index (Phi) is 3.42. The maximum absolute atomic E-state index is 11.3. The van der Waals surface area contributed by atoms with Gasteiger partial charge in [-0.2, -0.15) is 5.10 Å². The van der Waals surface area contributed by atoms with Crippen LogP contribution in [0.25, 0.3) is 0 Å². The number of nitrogens with zero attached hydrogens (tertiary/aromatic N) is 2. The predicted octanol–water partition coefficient (Wildman–Crippen LogP) is 1.45. The number of nitrogens with one attached hydrogen (secondary N) is 1. The first-order valence-corrected chi connectivity index (χ1v) is 7.79. The van der Waals surface area contributed by atoms with Crippen molar-refractivity contribution in [1.29, 1.82) is 0 Å². The first-order valence-electron chi connectivity index (χ1n) is 5.97. The van der Waals surface area contributed by atoms with Gasteiger partial charge in [0.2, 0.25) is 0 Å². The summed E-state index contributed by atoms with van der Waals surface area (Å²) in [5.41, 5.74) is 0.975. The van der Waals surface area contributed by atoms with Crippen LogP contribution in [0.15, 0.2) is 12.4 Å². The van der Waals surface area contributed by atoms with Crippen molar-refractivity contribution in [2.75, 3.05) is 16.8 Å². The lowest BCUT2D eigenvalue weighted by Gasteiger charge is -2.23. The number of hydrogen-bond donors (Lipinski definition) is 1. The molecule has 2 heterocycles. The zero-order valence-electron chi connectivity index (χ0n) is 10.3. The molecule has 0 aliphatic carbocycles. The van der Waals surface area contributed by atoms with Crippen molar-refractivity contribution in [1.82, 2.24) is 9.78 Å². The van der Waals surface area contributed by atoms with E-state index in [1.165, 1.54) is 0 Å². The SMILES string of the molecule is CC(C)n1cc(NC2CCS(=O)(=O)CC2)cn1. The summed E-state index contributed by atoms with van der Waals surface area (Å²) in [4.78, 5) is 0. The second kappa shape index (κ2) is 4.68. The molecule has 0 saturated carbocycles. The van der Waals surface area contributed by atoms with Crippen LogP contribution in [0.5, 0.6) is 0 Å². The molecule has 0 amide bonds. The first-order chi connectivity index (χ1) is 7.96. The van der Waals surface area contributed by atoms with Crippen molar-refractivity contribution < 1.29 is 8.42 Å². The van der Waals surface area contributed by atoms with Gasteiger partial charge >= 0.3 is 0 Å². The number of aromatic nitrogens is 2. The lowest BCUT2D eigenvalue weighted by Crippen LogP contribution is -2.31. The van der Waals surface area contributed by atoms with E-state index >= 15 is 0 Å². The summed E-state index contributed by atoms with van der Waals surface area (Å²) < 4.78 is 24.5. The molecule has 1 N–H and O–H groups in total. The summed E-state index contributed by atoms with van der Waals surface area (Å²) in [5, 5.41) is 7.59. The van der Waals surface area contributed by atoms with E-state index in [1.54, 1.807) is 6.20 Å². The van der Waals surface area contributed by atoms with Crippen LogP contribution in [0.3, 0.4) is 0 Å². The quantitative estimate of drug-likeness (QED) is 0.890. The van der Waals surface area contributed by atoms with E-state index in [-0.39, 0.29) is 6.04 Å². The Balaban J connectivity index is 1.93. The molecule has 6 heteroatoms. The summed E-state index contributed by atoms with van der Waals surface area (Å²) in [6, 6.07) is 0.598. The highest BCUT2D eigenvalue weighted by Gasteiger charge is 2.23. The molecule has 1 aliphatic heterocycles. The van der Waals surface area contributed by atoms with Gasteiger partial charge in [0.05, 0.1) is 23.4 Å². The molecule has 1 aliphatic rings. The Morgan fingerprint density at radius 1 is 1.41 bits per heavy atom. The molecule has 17 heavy (non-hydrogen) atoms. The summed E-state index contributed by atoms with van der Waals surface area (Å²) in [6.45, 7) is 4.15. The Bertz CT molecular complexity index is 465. The molecule has 0 aromatic carbocycles. The molecule has 0 atom stereocenters. The summed E-state index contributed by atoms with van der Waals surface area (Å²) in [5.74, 6) is 0.589. The third kappa shape index (κ3) is 3.21. The highest BCUT2D eigenvalue weighted by Crippen LogP contribution is 2.18. The lowest BCUT2D eigenvalue weighted by molar-refractivity contribution is 0.532. The summed E-state index contributed by atoms with van der Waals surface area (Å²) in [7, 11) is -2.78. The Hall–Kier alpha value is -1.04. The van der Waals surface area contributed by atoms with Gasteiger partial charge in [-0.25, -0.2) is 8.42 Å². The largest absolute Gasteiger partial charge is 0.380 e. The van der Waals surface area contributed by atoms with Gasteiger partial charge in [-0.15, -0.1) is 0 Å². The molecular weight excluding hydrogens is 238 g/mol. The van der Waals surface area contributed by atoms with Crippen molar-refractivity contribution in [3.63, 3.8) is 0 Å². The smallest absolute Gasteiger partial charge is 0.150 e. The molecule has 0 bridgehead atoms. The predicted molar refractivity (Wildman–Crippen MR) is 67.9 cm³/mol. The van der Waals surface area contributed by atoms with Crippen molar-refractivity contribution in [2.45, 2.75) is 38.8 Å². The minimum atomic E-state index is -2.78. The lowest BCUT2D eigenvalue weighted by atomic mass is 10.1. The monoisotopic (exact) mass is 257 g/mol. The molecule has 0 radical (unpaired) electrons. The van der Waals surface area contributed by atoms with Crippen LogP contribution in [0, 0.1) is 0 Å². The van der Waals surface area contributed by atoms with Gasteiger partial charge in [-0.05, 0) is 26.7 Å². The second-order valence-corrected chi connectivity index (χ2v) is 7.18. The normalized spacial score (nSPS) is 20.6. The van der Waals surface area contributed by atoms with Gasteiger partial charge in [-0.3, -0.25) is 4.68 Å². The van der Waals surface area contributed by atoms with Crippen LogP contribution in [-0.2, 0) is 9.84 Å². The van der Waals surface area contributed by atoms with Gasteiger partial charge in [0, 0.05) is 18.3 Å². The van der Waals surface area contributed by atoms with Crippen LogP contribution in [0.4, 0.5) is 5.69 Å². The van der Waals surface area contributed by atoms with Gasteiger partial charge in [0.1, 0.15) is 9.84 Å². The first kappa shape index (κ1) is 12.4. The fourth-order valence-corrected chi connectivity index (χ4v) is 3.46. The third-order valence-electron chi connectivity index (χ3n) is 3.06. The van der Waals surface area contributed by atoms with Crippen LogP contribution in [0.1, 0.15) is 32.7 Å². The van der Waals surface area contributed by atoms with Crippen LogP contribution < -0.4 is 5.32 Å². The molecule has 1 fully saturated rings. The maximum Gasteiger partial charge on any atom is 0.150 e. The molecule has 1 aromatic rings. The van der Waals surface area contributed by atoms with Crippen molar-refractivity contribution >= 4 is 15.5 Å². The fourth-order valence-electron chi connectivity index (χ4n) is 1.97. The van der Waals surface area contributed by atoms with Gasteiger partial charge in [0.15, 0.2) is 0 Å². The van der Waals surface area contributed by atoms with Gasteiger partial charge in [-0.1, -0.05) is 0 Å². The number of rotatable bonds is 3. The number of anilines is 1. The molecular formula is C11H19N3O2S. The Labute approximate surface area is 102 Å². The van der Waals surface area contributed by atoms with Crippen LogP contribution >= 0.6 is 0 Å². The van der Waals surface area contributed by atoms with E-state index in [2.05, 4.69) is 24.3 Å². The molecule has 1 aromatic heterocycles. The molecule has 0 unspecified atom stereocenters. The van der Waals surface area contributed by atoms with E-state index in [1.807, 2.05) is 10.9 Å². The standard InChI is InChI=1S/C11H19N3O2S/c1-9(2)14-8-11(7-12-14)13-10-3-5-17(15,16)6-4-10/h7-10,13H,3-6H2,1-2H3. The van der Waals surface area contributed by atoms with E-state index in [9.17, 15) is 8.42 Å². The minimum Gasteiger partial charge on any atom is -0.380 e. The Morgan fingerprint density at radius 3 is 2.59 bits per heavy atom. The number of hydrogen-bond acceptors (Lipinski definition) is 4. The Morgan fingerprint density at radius 2 is 2.06 bits per heavy atom.